The summed E-state index contributed by atoms with van der Waals surface area (Å²) in [5.41, 5.74) is 11.6. The molecule has 1 unspecified atom stereocenters. The summed E-state index contributed by atoms with van der Waals surface area (Å²) in [6, 6.07) is -0.0564. The van der Waals surface area contributed by atoms with Crippen molar-refractivity contribution in [2.45, 2.75) is 25.8 Å². The third-order valence-electron chi connectivity index (χ3n) is 2.31. The van der Waals surface area contributed by atoms with Crippen LogP contribution in [0.15, 0.2) is 6.20 Å². The van der Waals surface area contributed by atoms with Gasteiger partial charge in [0.1, 0.15) is 5.82 Å². The number of hydrogen-bond acceptors (Lipinski definition) is 5. The smallest absolute Gasteiger partial charge is 0.264 e. The van der Waals surface area contributed by atoms with Crippen LogP contribution in [0.4, 0.5) is 11.5 Å². The van der Waals surface area contributed by atoms with Crippen LogP contribution < -0.4 is 11.5 Å². The maximum Gasteiger partial charge on any atom is 0.264 e. The first-order valence-electron chi connectivity index (χ1n) is 4.85. The highest BCUT2D eigenvalue weighted by Gasteiger charge is 2.12. The maximum absolute atomic E-state index is 10.5. The summed E-state index contributed by atoms with van der Waals surface area (Å²) in [6.45, 7) is 1.85. The molecule has 1 aromatic rings. The van der Waals surface area contributed by atoms with Crippen LogP contribution in [0.25, 0.3) is 0 Å². The number of aromatic nitrogens is 2. The van der Waals surface area contributed by atoms with Crippen molar-refractivity contribution in [2.75, 3.05) is 17.2 Å². The first-order chi connectivity index (χ1) is 7.31. The second-order valence-corrected chi connectivity index (χ2v) is 5.28. The van der Waals surface area contributed by atoms with Crippen molar-refractivity contribution in [3.8, 4) is 0 Å². The van der Waals surface area contributed by atoms with Gasteiger partial charge < -0.3 is 11.5 Å². The van der Waals surface area contributed by atoms with Crippen molar-refractivity contribution < 1.29 is 13.0 Å². The van der Waals surface area contributed by atoms with Gasteiger partial charge in [0.25, 0.3) is 10.1 Å². The van der Waals surface area contributed by atoms with Gasteiger partial charge in [0.05, 0.1) is 23.7 Å². The summed E-state index contributed by atoms with van der Waals surface area (Å²) in [7, 11) is -3.89. The molecule has 7 nitrogen and oxygen atoms in total. The first-order valence-corrected chi connectivity index (χ1v) is 6.46. The molecule has 0 spiro atoms. The van der Waals surface area contributed by atoms with E-state index >= 15 is 0 Å². The Morgan fingerprint density at radius 1 is 1.56 bits per heavy atom. The van der Waals surface area contributed by atoms with E-state index in [1.807, 2.05) is 6.92 Å². The lowest BCUT2D eigenvalue weighted by Gasteiger charge is -2.13. The van der Waals surface area contributed by atoms with Crippen LogP contribution in [0.5, 0.6) is 0 Å². The average molecular weight is 248 g/mol. The number of nitrogens with two attached hydrogens (primary N) is 2. The molecule has 92 valence electrons. The molecule has 5 N–H and O–H groups in total. The minimum Gasteiger partial charge on any atom is -0.394 e. The van der Waals surface area contributed by atoms with Gasteiger partial charge in [-0.05, 0) is 19.8 Å². The van der Waals surface area contributed by atoms with Crippen LogP contribution in [0, 0.1) is 0 Å². The molecule has 1 atom stereocenters. The number of nitrogen functional groups attached to an aromatic ring is 2. The minimum absolute atomic E-state index is 0.0564. The maximum atomic E-state index is 10.5. The van der Waals surface area contributed by atoms with E-state index < -0.39 is 10.1 Å². The largest absolute Gasteiger partial charge is 0.394 e. The van der Waals surface area contributed by atoms with Crippen LogP contribution >= 0.6 is 0 Å². The Labute approximate surface area is 94.2 Å². The lowest BCUT2D eigenvalue weighted by molar-refractivity contribution is 0.448. The fraction of sp³-hybridized carbons (Fsp3) is 0.625. The lowest BCUT2D eigenvalue weighted by Crippen LogP contribution is -2.12. The van der Waals surface area contributed by atoms with E-state index in [4.69, 9.17) is 16.0 Å². The number of rotatable bonds is 5. The van der Waals surface area contributed by atoms with Gasteiger partial charge in [0, 0.05) is 0 Å². The molecule has 0 aromatic carbocycles. The Morgan fingerprint density at radius 2 is 2.19 bits per heavy atom. The monoisotopic (exact) mass is 248 g/mol. The van der Waals surface area contributed by atoms with Gasteiger partial charge in [-0.25, -0.2) is 4.68 Å². The first kappa shape index (κ1) is 12.8. The zero-order chi connectivity index (χ0) is 12.3. The van der Waals surface area contributed by atoms with Gasteiger partial charge in [-0.3, -0.25) is 4.55 Å². The molecule has 16 heavy (non-hydrogen) atoms. The summed E-state index contributed by atoms with van der Waals surface area (Å²) >= 11 is 0. The highest BCUT2D eigenvalue weighted by molar-refractivity contribution is 7.85. The van der Waals surface area contributed by atoms with Gasteiger partial charge in [-0.2, -0.15) is 13.5 Å². The zero-order valence-corrected chi connectivity index (χ0v) is 9.81. The van der Waals surface area contributed by atoms with Gasteiger partial charge >= 0.3 is 0 Å². The van der Waals surface area contributed by atoms with Crippen LogP contribution in [0.1, 0.15) is 25.8 Å². The van der Waals surface area contributed by atoms with E-state index in [2.05, 4.69) is 5.10 Å². The summed E-state index contributed by atoms with van der Waals surface area (Å²) in [5.74, 6) is 0.118. The quantitative estimate of drug-likeness (QED) is 0.643. The van der Waals surface area contributed by atoms with Crippen molar-refractivity contribution in [3.63, 3.8) is 0 Å². The molecule has 1 rings (SSSR count). The normalized spacial score (nSPS) is 13.9. The van der Waals surface area contributed by atoms with Crippen LogP contribution in [-0.4, -0.2) is 28.5 Å². The minimum atomic E-state index is -3.89. The van der Waals surface area contributed by atoms with E-state index in [1.54, 1.807) is 4.68 Å². The highest BCUT2D eigenvalue weighted by atomic mass is 32.2. The molecule has 0 amide bonds. The van der Waals surface area contributed by atoms with E-state index in [0.29, 0.717) is 24.3 Å². The van der Waals surface area contributed by atoms with Crippen molar-refractivity contribution in [1.29, 1.82) is 0 Å². The summed E-state index contributed by atoms with van der Waals surface area (Å²) in [5, 5.41) is 3.99. The van der Waals surface area contributed by atoms with Crippen LogP contribution in [0.3, 0.4) is 0 Å². The fourth-order valence-corrected chi connectivity index (χ4v) is 1.95. The van der Waals surface area contributed by atoms with Gasteiger partial charge in [0.2, 0.25) is 0 Å². The van der Waals surface area contributed by atoms with Gasteiger partial charge in [-0.1, -0.05) is 0 Å². The van der Waals surface area contributed by atoms with Crippen molar-refractivity contribution in [2.24, 2.45) is 0 Å². The predicted molar refractivity (Wildman–Crippen MR) is 61.4 cm³/mol. The molecule has 8 heteroatoms. The molecule has 0 aliphatic rings. The highest BCUT2D eigenvalue weighted by Crippen LogP contribution is 2.21. The van der Waals surface area contributed by atoms with E-state index in [-0.39, 0.29) is 11.8 Å². The van der Waals surface area contributed by atoms with Crippen molar-refractivity contribution >= 4 is 21.6 Å². The van der Waals surface area contributed by atoms with Crippen LogP contribution in [0.2, 0.25) is 0 Å². The molecular weight excluding hydrogens is 232 g/mol. The molecule has 0 fully saturated rings. The molecule has 0 aliphatic heterocycles. The molecule has 0 radical (unpaired) electrons. The average Bonchev–Trinajstić information content (AvgIpc) is 2.45. The predicted octanol–water partition coefficient (Wildman–Crippen LogP) is 0.277. The Balaban J connectivity index is 2.53. The second-order valence-electron chi connectivity index (χ2n) is 3.71. The van der Waals surface area contributed by atoms with Gasteiger partial charge in [-0.15, -0.1) is 0 Å². The lowest BCUT2D eigenvalue weighted by atomic mass is 10.2. The third kappa shape index (κ3) is 3.38. The fourth-order valence-electron chi connectivity index (χ4n) is 1.42. The Bertz CT molecular complexity index is 454. The number of anilines is 2. The standard InChI is InChI=1S/C8H16N4O3S/c1-6(3-2-4-16(13,14)15)12-8(10)7(9)5-11-12/h5-6H,2-4,9-10H2,1H3,(H,13,14,15). The summed E-state index contributed by atoms with van der Waals surface area (Å²) < 4.78 is 31.1. The molecule has 1 heterocycles. The molecule has 1 aromatic heterocycles. The zero-order valence-electron chi connectivity index (χ0n) is 9.00. The topological polar surface area (TPSA) is 124 Å². The van der Waals surface area contributed by atoms with Crippen molar-refractivity contribution in [1.82, 2.24) is 9.78 Å². The number of nitrogens with zero attached hydrogens (tertiary/aromatic N) is 2. The van der Waals surface area contributed by atoms with E-state index in [1.165, 1.54) is 6.20 Å². The molecule has 0 saturated heterocycles. The Hall–Kier alpha value is -1.28. The third-order valence-corrected chi connectivity index (χ3v) is 3.11. The molecule has 0 bridgehead atoms. The Kier molecular flexibility index (Phi) is 3.76. The second kappa shape index (κ2) is 4.71. The Morgan fingerprint density at radius 3 is 2.62 bits per heavy atom. The van der Waals surface area contributed by atoms with E-state index in [9.17, 15) is 8.42 Å². The molecule has 0 aliphatic carbocycles. The summed E-state index contributed by atoms with van der Waals surface area (Å²) in [6.07, 6.45) is 2.35. The van der Waals surface area contributed by atoms with Crippen molar-refractivity contribution in [3.05, 3.63) is 6.20 Å². The molecule has 0 saturated carbocycles. The SMILES string of the molecule is CC(CCCS(=O)(=O)O)n1ncc(N)c1N. The molecular formula is C8H16N4O3S. The van der Waals surface area contributed by atoms with E-state index in [0.717, 1.165) is 0 Å². The van der Waals surface area contributed by atoms with Gasteiger partial charge in [0.15, 0.2) is 0 Å². The number of hydrogen-bond donors (Lipinski definition) is 3. The summed E-state index contributed by atoms with van der Waals surface area (Å²) in [4.78, 5) is 0. The van der Waals surface area contributed by atoms with Crippen LogP contribution in [-0.2, 0) is 10.1 Å².